The Morgan fingerprint density at radius 2 is 1.80 bits per heavy atom. The zero-order valence-electron chi connectivity index (χ0n) is 11.4. The lowest BCUT2D eigenvalue weighted by molar-refractivity contribution is -0.00958. The quantitative estimate of drug-likeness (QED) is 0.628. The highest BCUT2D eigenvalue weighted by molar-refractivity contribution is 4.71. The van der Waals surface area contributed by atoms with E-state index in [2.05, 4.69) is 46.9 Å². The topological polar surface area (TPSA) is 21.3 Å². The van der Waals surface area contributed by atoms with Crippen molar-refractivity contribution in [1.29, 1.82) is 0 Å². The third-order valence-corrected chi connectivity index (χ3v) is 2.71. The molecule has 0 aliphatic carbocycles. The molecule has 2 nitrogen and oxygen atoms in total. The van der Waals surface area contributed by atoms with Crippen molar-refractivity contribution in [2.24, 2.45) is 11.3 Å². The largest absolute Gasteiger partial charge is 0.378 e. The van der Waals surface area contributed by atoms with Crippen LogP contribution in [0.1, 0.15) is 48.0 Å². The molecule has 0 aromatic heterocycles. The van der Waals surface area contributed by atoms with E-state index in [9.17, 15) is 0 Å². The molecular weight excluding hydrogens is 186 g/mol. The number of rotatable bonds is 8. The fourth-order valence-electron chi connectivity index (χ4n) is 1.20. The van der Waals surface area contributed by atoms with Crippen LogP contribution in [0.5, 0.6) is 0 Å². The van der Waals surface area contributed by atoms with Crippen molar-refractivity contribution in [3.05, 3.63) is 0 Å². The van der Waals surface area contributed by atoms with Gasteiger partial charge in [-0.25, -0.2) is 0 Å². The second-order valence-corrected chi connectivity index (χ2v) is 5.60. The highest BCUT2D eigenvalue weighted by Crippen LogP contribution is 2.17. The molecule has 0 fully saturated rings. The van der Waals surface area contributed by atoms with E-state index in [-0.39, 0.29) is 5.41 Å². The Kier molecular flexibility index (Phi) is 7.20. The Morgan fingerprint density at radius 3 is 2.27 bits per heavy atom. The normalized spacial score (nSPS) is 14.6. The summed E-state index contributed by atoms with van der Waals surface area (Å²) in [5.74, 6) is 0.601. The lowest BCUT2D eigenvalue weighted by atomic mass is 9.94. The fraction of sp³-hybridized carbons (Fsp3) is 1.00. The van der Waals surface area contributed by atoms with Crippen LogP contribution in [0.15, 0.2) is 0 Å². The van der Waals surface area contributed by atoms with Crippen molar-refractivity contribution >= 4 is 0 Å². The maximum absolute atomic E-state index is 5.86. The SMILES string of the molecule is CCCNCC(C)(C)COC(C)C(C)C. The van der Waals surface area contributed by atoms with Crippen molar-refractivity contribution < 1.29 is 4.74 Å². The van der Waals surface area contributed by atoms with Gasteiger partial charge in [-0.1, -0.05) is 34.6 Å². The lowest BCUT2D eigenvalue weighted by Gasteiger charge is -2.28. The molecule has 0 aliphatic heterocycles. The minimum atomic E-state index is 0.234. The summed E-state index contributed by atoms with van der Waals surface area (Å²) in [4.78, 5) is 0. The van der Waals surface area contributed by atoms with Gasteiger partial charge in [0.15, 0.2) is 0 Å². The van der Waals surface area contributed by atoms with Crippen LogP contribution in [0.4, 0.5) is 0 Å². The average Bonchev–Trinajstić information content (AvgIpc) is 2.14. The van der Waals surface area contributed by atoms with E-state index in [4.69, 9.17) is 4.74 Å². The molecule has 0 radical (unpaired) electrons. The second kappa shape index (κ2) is 7.24. The van der Waals surface area contributed by atoms with Crippen LogP contribution in [-0.2, 0) is 4.74 Å². The van der Waals surface area contributed by atoms with E-state index in [1.807, 2.05) is 0 Å². The Bertz CT molecular complexity index is 155. The summed E-state index contributed by atoms with van der Waals surface area (Å²) in [6.45, 7) is 16.2. The molecule has 0 rings (SSSR count). The molecule has 0 bridgehead atoms. The first-order valence-corrected chi connectivity index (χ1v) is 6.21. The summed E-state index contributed by atoms with van der Waals surface area (Å²) in [6, 6.07) is 0. The Balaban J connectivity index is 3.72. The van der Waals surface area contributed by atoms with Crippen molar-refractivity contribution in [2.75, 3.05) is 19.7 Å². The average molecular weight is 215 g/mol. The van der Waals surface area contributed by atoms with Gasteiger partial charge < -0.3 is 10.1 Å². The summed E-state index contributed by atoms with van der Waals surface area (Å²) in [5, 5.41) is 3.45. The molecule has 0 aliphatic rings. The van der Waals surface area contributed by atoms with Gasteiger partial charge >= 0.3 is 0 Å². The first-order chi connectivity index (χ1) is 6.89. The summed E-state index contributed by atoms with van der Waals surface area (Å²) in [7, 11) is 0. The van der Waals surface area contributed by atoms with Crippen LogP contribution in [-0.4, -0.2) is 25.8 Å². The van der Waals surface area contributed by atoms with Gasteiger partial charge in [0.1, 0.15) is 0 Å². The van der Waals surface area contributed by atoms with Crippen molar-refractivity contribution in [3.8, 4) is 0 Å². The molecular formula is C13H29NO. The monoisotopic (exact) mass is 215 g/mol. The minimum absolute atomic E-state index is 0.234. The fourth-order valence-corrected chi connectivity index (χ4v) is 1.20. The predicted molar refractivity (Wildman–Crippen MR) is 67.2 cm³/mol. The van der Waals surface area contributed by atoms with Gasteiger partial charge in [-0.3, -0.25) is 0 Å². The van der Waals surface area contributed by atoms with E-state index in [0.29, 0.717) is 12.0 Å². The number of ether oxygens (including phenoxy) is 1. The maximum Gasteiger partial charge on any atom is 0.0570 e. The summed E-state index contributed by atoms with van der Waals surface area (Å²) >= 11 is 0. The van der Waals surface area contributed by atoms with Crippen LogP contribution in [0.2, 0.25) is 0 Å². The smallest absolute Gasteiger partial charge is 0.0570 e. The van der Waals surface area contributed by atoms with Crippen LogP contribution in [0.3, 0.4) is 0 Å². The molecule has 0 amide bonds. The molecule has 1 unspecified atom stereocenters. The van der Waals surface area contributed by atoms with E-state index in [1.165, 1.54) is 6.42 Å². The van der Waals surface area contributed by atoms with Gasteiger partial charge in [-0.2, -0.15) is 0 Å². The molecule has 0 saturated heterocycles. The standard InChI is InChI=1S/C13H29NO/c1-7-8-14-9-13(5,6)10-15-12(4)11(2)3/h11-12,14H,7-10H2,1-6H3. The van der Waals surface area contributed by atoms with Crippen molar-refractivity contribution in [3.63, 3.8) is 0 Å². The first kappa shape index (κ1) is 14.9. The van der Waals surface area contributed by atoms with Crippen LogP contribution in [0, 0.1) is 11.3 Å². The van der Waals surface area contributed by atoms with Gasteiger partial charge in [0, 0.05) is 12.0 Å². The highest BCUT2D eigenvalue weighted by atomic mass is 16.5. The third kappa shape index (κ3) is 7.80. The Hall–Kier alpha value is -0.0800. The van der Waals surface area contributed by atoms with Crippen LogP contribution in [0.25, 0.3) is 0 Å². The molecule has 1 atom stereocenters. The zero-order chi connectivity index (χ0) is 11.9. The van der Waals surface area contributed by atoms with Gasteiger partial charge in [0.05, 0.1) is 12.7 Å². The van der Waals surface area contributed by atoms with Gasteiger partial charge in [0.2, 0.25) is 0 Å². The predicted octanol–water partition coefficient (Wildman–Crippen LogP) is 3.07. The molecule has 0 aromatic carbocycles. The van der Waals surface area contributed by atoms with Crippen LogP contribution >= 0.6 is 0 Å². The molecule has 92 valence electrons. The van der Waals surface area contributed by atoms with E-state index in [1.54, 1.807) is 0 Å². The minimum Gasteiger partial charge on any atom is -0.378 e. The number of hydrogen-bond acceptors (Lipinski definition) is 2. The van der Waals surface area contributed by atoms with E-state index in [0.717, 1.165) is 19.7 Å². The molecule has 0 spiro atoms. The third-order valence-electron chi connectivity index (χ3n) is 2.71. The molecule has 0 heterocycles. The number of hydrogen-bond donors (Lipinski definition) is 1. The van der Waals surface area contributed by atoms with Gasteiger partial charge in [-0.15, -0.1) is 0 Å². The first-order valence-electron chi connectivity index (χ1n) is 6.21. The maximum atomic E-state index is 5.86. The summed E-state index contributed by atoms with van der Waals surface area (Å²) in [6.07, 6.45) is 1.55. The van der Waals surface area contributed by atoms with E-state index >= 15 is 0 Å². The number of nitrogens with one attached hydrogen (secondary N) is 1. The second-order valence-electron chi connectivity index (χ2n) is 5.60. The van der Waals surface area contributed by atoms with Gasteiger partial charge in [0.25, 0.3) is 0 Å². The summed E-state index contributed by atoms with van der Waals surface area (Å²) < 4.78 is 5.86. The van der Waals surface area contributed by atoms with Crippen molar-refractivity contribution in [1.82, 2.24) is 5.32 Å². The van der Waals surface area contributed by atoms with Gasteiger partial charge in [-0.05, 0) is 25.8 Å². The lowest BCUT2D eigenvalue weighted by Crippen LogP contribution is -2.35. The molecule has 0 saturated carbocycles. The highest BCUT2D eigenvalue weighted by Gasteiger charge is 2.19. The Labute approximate surface area is 95.8 Å². The van der Waals surface area contributed by atoms with Crippen molar-refractivity contribution in [2.45, 2.75) is 54.1 Å². The summed E-state index contributed by atoms with van der Waals surface area (Å²) in [5.41, 5.74) is 0.234. The molecule has 1 N–H and O–H groups in total. The Morgan fingerprint density at radius 1 is 1.20 bits per heavy atom. The van der Waals surface area contributed by atoms with Crippen LogP contribution < -0.4 is 5.32 Å². The molecule has 0 aromatic rings. The van der Waals surface area contributed by atoms with E-state index < -0.39 is 0 Å². The molecule has 2 heteroatoms. The molecule has 15 heavy (non-hydrogen) atoms. The zero-order valence-corrected chi connectivity index (χ0v) is 11.4.